The number of furan rings is 1. The van der Waals surface area contributed by atoms with Crippen LogP contribution in [-0.2, 0) is 13.0 Å². The van der Waals surface area contributed by atoms with Crippen LogP contribution in [0.2, 0.25) is 0 Å². The fourth-order valence-corrected chi connectivity index (χ4v) is 2.19. The highest BCUT2D eigenvalue weighted by Gasteiger charge is 2.17. The van der Waals surface area contributed by atoms with E-state index in [2.05, 4.69) is 20.6 Å². The predicted octanol–water partition coefficient (Wildman–Crippen LogP) is 2.08. The fourth-order valence-electron chi connectivity index (χ4n) is 2.19. The largest absolute Gasteiger partial charge is 0.446 e. The Bertz CT molecular complexity index is 576. The number of nitrogens with one attached hydrogen (secondary N) is 2. The van der Waals surface area contributed by atoms with Gasteiger partial charge in [-0.25, -0.2) is 9.97 Å². The van der Waals surface area contributed by atoms with Gasteiger partial charge in [0.2, 0.25) is 0 Å². The first-order valence-electron chi connectivity index (χ1n) is 6.13. The molecule has 3 heterocycles. The Balaban J connectivity index is 1.98. The molecule has 94 valence electrons. The number of nitrogens with zero attached hydrogens (tertiary/aromatic N) is 2. The van der Waals surface area contributed by atoms with Crippen molar-refractivity contribution in [2.75, 3.05) is 11.9 Å². The Morgan fingerprint density at radius 3 is 2.94 bits per heavy atom. The van der Waals surface area contributed by atoms with Crippen molar-refractivity contribution in [3.8, 4) is 0 Å². The lowest BCUT2D eigenvalue weighted by Gasteiger charge is -2.19. The normalized spacial score (nSPS) is 14.3. The molecule has 0 aromatic carbocycles. The number of fused-ring (bicyclic) bond motifs is 1. The van der Waals surface area contributed by atoms with Gasteiger partial charge in [0.25, 0.3) is 0 Å². The summed E-state index contributed by atoms with van der Waals surface area (Å²) in [6.45, 7) is 5.62. The minimum absolute atomic E-state index is 0.721. The van der Waals surface area contributed by atoms with Crippen molar-refractivity contribution in [2.24, 2.45) is 0 Å². The van der Waals surface area contributed by atoms with Crippen molar-refractivity contribution in [3.63, 3.8) is 0 Å². The first kappa shape index (κ1) is 11.2. The van der Waals surface area contributed by atoms with E-state index in [1.165, 1.54) is 0 Å². The van der Waals surface area contributed by atoms with Gasteiger partial charge in [0, 0.05) is 31.1 Å². The predicted molar refractivity (Wildman–Crippen MR) is 68.9 cm³/mol. The lowest BCUT2D eigenvalue weighted by molar-refractivity contribution is 0.550. The number of aryl methyl sites for hydroxylation is 2. The second-order valence-corrected chi connectivity index (χ2v) is 4.51. The van der Waals surface area contributed by atoms with Gasteiger partial charge >= 0.3 is 0 Å². The summed E-state index contributed by atoms with van der Waals surface area (Å²) >= 11 is 0. The summed E-state index contributed by atoms with van der Waals surface area (Å²) in [5.74, 6) is 3.24. The van der Waals surface area contributed by atoms with E-state index in [0.29, 0.717) is 0 Å². The van der Waals surface area contributed by atoms with Gasteiger partial charge in [-0.3, -0.25) is 0 Å². The smallest absolute Gasteiger partial charge is 0.198 e. The average molecular weight is 244 g/mol. The molecule has 2 aromatic rings. The summed E-state index contributed by atoms with van der Waals surface area (Å²) < 4.78 is 5.53. The van der Waals surface area contributed by atoms with Crippen LogP contribution in [-0.4, -0.2) is 16.5 Å². The van der Waals surface area contributed by atoms with E-state index in [0.717, 1.165) is 54.1 Å². The monoisotopic (exact) mass is 244 g/mol. The Morgan fingerprint density at radius 1 is 1.28 bits per heavy atom. The van der Waals surface area contributed by atoms with E-state index in [4.69, 9.17) is 4.42 Å². The zero-order valence-electron chi connectivity index (χ0n) is 10.6. The van der Waals surface area contributed by atoms with Crippen LogP contribution >= 0.6 is 0 Å². The first-order chi connectivity index (χ1) is 8.72. The topological polar surface area (TPSA) is 63.0 Å². The SMILES string of the molecule is Cc1nc2c(c(Nc3ccc(C)o3)n1)CNCC2. The van der Waals surface area contributed by atoms with E-state index in [1.54, 1.807) is 0 Å². The molecule has 0 saturated carbocycles. The molecular weight excluding hydrogens is 228 g/mol. The molecule has 18 heavy (non-hydrogen) atoms. The minimum atomic E-state index is 0.721. The summed E-state index contributed by atoms with van der Waals surface area (Å²) in [6, 6.07) is 3.84. The minimum Gasteiger partial charge on any atom is -0.446 e. The maximum absolute atomic E-state index is 5.53. The van der Waals surface area contributed by atoms with Crippen LogP contribution in [0.1, 0.15) is 22.8 Å². The van der Waals surface area contributed by atoms with Gasteiger partial charge in [-0.2, -0.15) is 0 Å². The van der Waals surface area contributed by atoms with Crippen LogP contribution in [0.4, 0.5) is 11.7 Å². The third kappa shape index (κ3) is 2.09. The van der Waals surface area contributed by atoms with Crippen LogP contribution in [0.3, 0.4) is 0 Å². The highest BCUT2D eigenvalue weighted by molar-refractivity contribution is 5.56. The quantitative estimate of drug-likeness (QED) is 0.846. The molecule has 3 rings (SSSR count). The highest BCUT2D eigenvalue weighted by Crippen LogP contribution is 2.24. The molecule has 0 spiro atoms. The van der Waals surface area contributed by atoms with E-state index >= 15 is 0 Å². The molecule has 5 heteroatoms. The molecule has 0 fully saturated rings. The van der Waals surface area contributed by atoms with Crippen LogP contribution in [0.25, 0.3) is 0 Å². The molecule has 0 aliphatic carbocycles. The molecular formula is C13H16N4O. The summed E-state index contributed by atoms with van der Waals surface area (Å²) in [5, 5.41) is 6.58. The van der Waals surface area contributed by atoms with Gasteiger partial charge in [-0.15, -0.1) is 0 Å². The maximum Gasteiger partial charge on any atom is 0.198 e. The van der Waals surface area contributed by atoms with E-state index < -0.39 is 0 Å². The molecule has 2 N–H and O–H groups in total. The molecule has 0 bridgehead atoms. The van der Waals surface area contributed by atoms with Crippen LogP contribution in [0.5, 0.6) is 0 Å². The molecule has 0 atom stereocenters. The molecule has 2 aromatic heterocycles. The molecule has 1 aliphatic rings. The van der Waals surface area contributed by atoms with Crippen molar-refractivity contribution in [1.29, 1.82) is 0 Å². The van der Waals surface area contributed by atoms with E-state index in [1.807, 2.05) is 26.0 Å². The van der Waals surface area contributed by atoms with E-state index in [-0.39, 0.29) is 0 Å². The van der Waals surface area contributed by atoms with Crippen molar-refractivity contribution in [1.82, 2.24) is 15.3 Å². The van der Waals surface area contributed by atoms with Crippen LogP contribution in [0.15, 0.2) is 16.5 Å². The maximum atomic E-state index is 5.53. The van der Waals surface area contributed by atoms with Crippen molar-refractivity contribution < 1.29 is 4.42 Å². The van der Waals surface area contributed by atoms with Crippen molar-refractivity contribution >= 4 is 11.7 Å². The summed E-state index contributed by atoms with van der Waals surface area (Å²) in [6.07, 6.45) is 0.949. The van der Waals surface area contributed by atoms with Gasteiger partial charge in [0.15, 0.2) is 5.88 Å². The van der Waals surface area contributed by atoms with Gasteiger partial charge in [-0.1, -0.05) is 0 Å². The summed E-state index contributed by atoms with van der Waals surface area (Å²) in [4.78, 5) is 8.97. The van der Waals surface area contributed by atoms with Crippen molar-refractivity contribution in [2.45, 2.75) is 26.8 Å². The zero-order chi connectivity index (χ0) is 12.5. The number of anilines is 2. The lowest BCUT2D eigenvalue weighted by Crippen LogP contribution is -2.26. The second-order valence-electron chi connectivity index (χ2n) is 4.51. The standard InChI is InChI=1S/C13H16N4O/c1-8-3-4-12(18-8)17-13-10-7-14-6-5-11(10)15-9(2)16-13/h3-4,14H,5-7H2,1-2H3,(H,15,16,17). The first-order valence-corrected chi connectivity index (χ1v) is 6.13. The Hall–Kier alpha value is -1.88. The van der Waals surface area contributed by atoms with Crippen LogP contribution < -0.4 is 10.6 Å². The van der Waals surface area contributed by atoms with Gasteiger partial charge in [-0.05, 0) is 19.9 Å². The molecule has 5 nitrogen and oxygen atoms in total. The molecule has 0 radical (unpaired) electrons. The molecule has 0 amide bonds. The molecule has 0 saturated heterocycles. The zero-order valence-corrected chi connectivity index (χ0v) is 10.6. The molecule has 1 aliphatic heterocycles. The molecule has 0 unspecified atom stereocenters. The fraction of sp³-hybridized carbons (Fsp3) is 0.385. The Morgan fingerprint density at radius 2 is 2.17 bits per heavy atom. The van der Waals surface area contributed by atoms with Gasteiger partial charge in [0.05, 0.1) is 5.69 Å². The van der Waals surface area contributed by atoms with Crippen LogP contribution in [0, 0.1) is 13.8 Å². The summed E-state index contributed by atoms with van der Waals surface area (Å²) in [5.41, 5.74) is 2.27. The number of rotatable bonds is 2. The third-order valence-corrected chi connectivity index (χ3v) is 3.03. The number of aromatic nitrogens is 2. The Kier molecular flexibility index (Phi) is 2.76. The van der Waals surface area contributed by atoms with Gasteiger partial charge in [0.1, 0.15) is 17.4 Å². The van der Waals surface area contributed by atoms with Gasteiger partial charge < -0.3 is 15.1 Å². The number of hydrogen-bond donors (Lipinski definition) is 2. The van der Waals surface area contributed by atoms with E-state index in [9.17, 15) is 0 Å². The highest BCUT2D eigenvalue weighted by atomic mass is 16.4. The second kappa shape index (κ2) is 4.42. The van der Waals surface area contributed by atoms with Crippen molar-refractivity contribution in [3.05, 3.63) is 35.0 Å². The average Bonchev–Trinajstić information content (AvgIpc) is 2.74. The Labute approximate surface area is 106 Å². The number of hydrogen-bond acceptors (Lipinski definition) is 5. The third-order valence-electron chi connectivity index (χ3n) is 3.03. The summed E-state index contributed by atoms with van der Waals surface area (Å²) in [7, 11) is 0. The lowest BCUT2D eigenvalue weighted by atomic mass is 10.1.